The zero-order valence-electron chi connectivity index (χ0n) is 15.1. The summed E-state index contributed by atoms with van der Waals surface area (Å²) in [5, 5.41) is 7.42. The first kappa shape index (κ1) is 18.1. The number of nitrogens with zero attached hydrogens (tertiary/aromatic N) is 3. The molecule has 0 radical (unpaired) electrons. The van der Waals surface area contributed by atoms with Crippen molar-refractivity contribution >= 4 is 29.1 Å². The highest BCUT2D eigenvalue weighted by atomic mass is 35.5. The molecule has 3 aromatic rings. The Morgan fingerprint density at radius 1 is 1.08 bits per heavy atom. The number of pyridine rings is 1. The minimum atomic E-state index is 0.277. The third kappa shape index (κ3) is 4.49. The van der Waals surface area contributed by atoms with Gasteiger partial charge in [-0.05, 0) is 56.2 Å². The Kier molecular flexibility index (Phi) is 5.68. The smallest absolute Gasteiger partial charge is 0.225 e. The normalized spacial score (nSPS) is 11.8. The molecule has 0 fully saturated rings. The maximum absolute atomic E-state index is 6.12. The van der Waals surface area contributed by atoms with Gasteiger partial charge in [-0.3, -0.25) is 4.98 Å². The van der Waals surface area contributed by atoms with Gasteiger partial charge < -0.3 is 10.6 Å². The minimum absolute atomic E-state index is 0.277. The molecule has 1 aromatic carbocycles. The summed E-state index contributed by atoms with van der Waals surface area (Å²) in [5.74, 6) is 1.28. The molecule has 3 rings (SSSR count). The largest absolute Gasteiger partial charge is 0.352 e. The molecule has 6 heteroatoms. The summed E-state index contributed by atoms with van der Waals surface area (Å²) in [6.45, 7) is 6.20. The number of anilines is 3. The monoisotopic (exact) mass is 367 g/mol. The van der Waals surface area contributed by atoms with E-state index in [1.165, 1.54) is 0 Å². The first-order valence-electron chi connectivity index (χ1n) is 8.65. The lowest BCUT2D eigenvalue weighted by molar-refractivity contribution is 0.753. The maximum Gasteiger partial charge on any atom is 0.225 e. The molecule has 0 saturated carbocycles. The van der Waals surface area contributed by atoms with Crippen LogP contribution in [0.3, 0.4) is 0 Å². The van der Waals surface area contributed by atoms with Crippen molar-refractivity contribution in [3.05, 3.63) is 59.2 Å². The summed E-state index contributed by atoms with van der Waals surface area (Å²) < 4.78 is 0. The molecule has 0 aliphatic rings. The Hall–Kier alpha value is -2.66. The average molecular weight is 368 g/mol. The Morgan fingerprint density at radius 3 is 2.62 bits per heavy atom. The van der Waals surface area contributed by atoms with E-state index in [4.69, 9.17) is 11.6 Å². The van der Waals surface area contributed by atoms with Crippen molar-refractivity contribution in [2.24, 2.45) is 0 Å². The fourth-order valence-electron chi connectivity index (χ4n) is 2.41. The second-order valence-corrected chi connectivity index (χ2v) is 6.63. The van der Waals surface area contributed by atoms with Crippen LogP contribution in [-0.2, 0) is 0 Å². The van der Waals surface area contributed by atoms with E-state index >= 15 is 0 Å². The molecular formula is C20H22ClN5. The molecule has 1 atom stereocenters. The molecule has 2 aromatic heterocycles. The van der Waals surface area contributed by atoms with Crippen LogP contribution in [0.1, 0.15) is 25.8 Å². The molecule has 0 unspecified atom stereocenters. The highest BCUT2D eigenvalue weighted by Crippen LogP contribution is 2.25. The number of hydrogen-bond donors (Lipinski definition) is 2. The Morgan fingerprint density at radius 2 is 1.92 bits per heavy atom. The van der Waals surface area contributed by atoms with Crippen LogP contribution >= 0.6 is 11.6 Å². The van der Waals surface area contributed by atoms with Gasteiger partial charge in [-0.1, -0.05) is 24.6 Å². The topological polar surface area (TPSA) is 62.7 Å². The zero-order chi connectivity index (χ0) is 18.5. The lowest BCUT2D eigenvalue weighted by Gasteiger charge is -2.14. The lowest BCUT2D eigenvalue weighted by Crippen LogP contribution is -2.16. The second kappa shape index (κ2) is 8.15. The van der Waals surface area contributed by atoms with E-state index in [1.54, 1.807) is 6.20 Å². The number of nitrogens with one attached hydrogen (secondary N) is 2. The molecule has 2 N–H and O–H groups in total. The SMILES string of the molecule is CC[C@H](C)Nc1nc(Nc2ccc(Cl)c(C)c2)cc(-c2ccccn2)n1. The van der Waals surface area contributed by atoms with Gasteiger partial charge in [0.25, 0.3) is 0 Å². The van der Waals surface area contributed by atoms with Gasteiger partial charge in [-0.15, -0.1) is 0 Å². The van der Waals surface area contributed by atoms with E-state index in [1.807, 2.05) is 49.4 Å². The van der Waals surface area contributed by atoms with Crippen molar-refractivity contribution in [1.82, 2.24) is 15.0 Å². The van der Waals surface area contributed by atoms with E-state index in [9.17, 15) is 0 Å². The van der Waals surface area contributed by atoms with E-state index < -0.39 is 0 Å². The van der Waals surface area contributed by atoms with E-state index in [-0.39, 0.29) is 6.04 Å². The van der Waals surface area contributed by atoms with Crippen LogP contribution in [0.5, 0.6) is 0 Å². The molecule has 0 bridgehead atoms. The van der Waals surface area contributed by atoms with Crippen LogP contribution in [0, 0.1) is 6.92 Å². The Labute approximate surface area is 158 Å². The molecule has 0 saturated heterocycles. The highest BCUT2D eigenvalue weighted by molar-refractivity contribution is 6.31. The number of aryl methyl sites for hydroxylation is 1. The fraction of sp³-hybridized carbons (Fsp3) is 0.250. The third-order valence-corrected chi connectivity index (χ3v) is 4.50. The van der Waals surface area contributed by atoms with Crippen molar-refractivity contribution in [2.45, 2.75) is 33.2 Å². The van der Waals surface area contributed by atoms with Gasteiger partial charge in [0.05, 0.1) is 11.4 Å². The van der Waals surface area contributed by atoms with Crippen molar-refractivity contribution in [2.75, 3.05) is 10.6 Å². The Bertz CT molecular complexity index is 883. The number of hydrogen-bond acceptors (Lipinski definition) is 5. The standard InChI is InChI=1S/C20H22ClN5/c1-4-14(3)23-20-25-18(17-7-5-6-10-22-17)12-19(26-20)24-15-8-9-16(21)13(2)11-15/h5-12,14H,4H2,1-3H3,(H2,23,24,25,26)/t14-/m0/s1. The van der Waals surface area contributed by atoms with Gasteiger partial charge in [0.2, 0.25) is 5.95 Å². The van der Waals surface area contributed by atoms with E-state index in [0.29, 0.717) is 11.8 Å². The molecule has 26 heavy (non-hydrogen) atoms. The van der Waals surface area contributed by atoms with Crippen LogP contribution < -0.4 is 10.6 Å². The molecule has 5 nitrogen and oxygen atoms in total. The van der Waals surface area contributed by atoms with Crippen molar-refractivity contribution in [1.29, 1.82) is 0 Å². The van der Waals surface area contributed by atoms with Crippen LogP contribution in [-0.4, -0.2) is 21.0 Å². The van der Waals surface area contributed by atoms with Gasteiger partial charge in [0.1, 0.15) is 5.82 Å². The predicted octanol–water partition coefficient (Wildman–Crippen LogP) is 5.45. The van der Waals surface area contributed by atoms with E-state index in [0.717, 1.165) is 34.1 Å². The summed E-state index contributed by atoms with van der Waals surface area (Å²) in [6, 6.07) is 13.7. The van der Waals surface area contributed by atoms with Crippen LogP contribution in [0.25, 0.3) is 11.4 Å². The summed E-state index contributed by atoms with van der Waals surface area (Å²) in [5.41, 5.74) is 3.50. The number of aromatic nitrogens is 3. The summed E-state index contributed by atoms with van der Waals surface area (Å²) in [6.07, 6.45) is 2.74. The molecular weight excluding hydrogens is 346 g/mol. The highest BCUT2D eigenvalue weighted by Gasteiger charge is 2.10. The number of halogens is 1. The second-order valence-electron chi connectivity index (χ2n) is 6.22. The predicted molar refractivity (Wildman–Crippen MR) is 108 cm³/mol. The number of benzene rings is 1. The maximum atomic E-state index is 6.12. The lowest BCUT2D eigenvalue weighted by atomic mass is 10.2. The van der Waals surface area contributed by atoms with Gasteiger partial charge >= 0.3 is 0 Å². The molecule has 0 aliphatic carbocycles. The first-order valence-corrected chi connectivity index (χ1v) is 9.03. The minimum Gasteiger partial charge on any atom is -0.352 e. The van der Waals surface area contributed by atoms with Crippen LogP contribution in [0.15, 0.2) is 48.7 Å². The quantitative estimate of drug-likeness (QED) is 0.606. The summed E-state index contributed by atoms with van der Waals surface area (Å²) in [4.78, 5) is 13.6. The average Bonchev–Trinajstić information content (AvgIpc) is 2.65. The summed E-state index contributed by atoms with van der Waals surface area (Å²) >= 11 is 6.12. The molecule has 2 heterocycles. The van der Waals surface area contributed by atoms with Crippen LogP contribution in [0.4, 0.5) is 17.5 Å². The van der Waals surface area contributed by atoms with Crippen LogP contribution in [0.2, 0.25) is 5.02 Å². The molecule has 0 aliphatic heterocycles. The van der Waals surface area contributed by atoms with Gasteiger partial charge in [0, 0.05) is 29.0 Å². The van der Waals surface area contributed by atoms with Gasteiger partial charge in [-0.25, -0.2) is 4.98 Å². The zero-order valence-corrected chi connectivity index (χ0v) is 15.9. The fourth-order valence-corrected chi connectivity index (χ4v) is 2.53. The van der Waals surface area contributed by atoms with Crippen molar-refractivity contribution in [3.63, 3.8) is 0 Å². The van der Waals surface area contributed by atoms with Gasteiger partial charge in [0.15, 0.2) is 0 Å². The molecule has 134 valence electrons. The first-order chi connectivity index (χ1) is 12.5. The van der Waals surface area contributed by atoms with E-state index in [2.05, 4.69) is 39.4 Å². The van der Waals surface area contributed by atoms with Gasteiger partial charge in [-0.2, -0.15) is 4.98 Å². The molecule has 0 amide bonds. The summed E-state index contributed by atoms with van der Waals surface area (Å²) in [7, 11) is 0. The van der Waals surface area contributed by atoms with Crippen molar-refractivity contribution in [3.8, 4) is 11.4 Å². The number of rotatable bonds is 6. The third-order valence-electron chi connectivity index (χ3n) is 4.07. The molecule has 0 spiro atoms. The van der Waals surface area contributed by atoms with Crippen molar-refractivity contribution < 1.29 is 0 Å². The Balaban J connectivity index is 1.97.